The van der Waals surface area contributed by atoms with Gasteiger partial charge in [0.1, 0.15) is 11.5 Å². The average Bonchev–Trinajstić information content (AvgIpc) is 3.44. The highest BCUT2D eigenvalue weighted by molar-refractivity contribution is 8.00. The standard InChI is InChI=1S/C25H26N6O2S/c1-17-9-12-20(13-10-17)26-16-23-28-30-25(31(23)21-7-5-4-6-8-21)34-19(3)24(32)29-27-15-22-14-11-18(2)33-22/h4-15,19,26H,16H2,1-3H3,(H,29,32)/b27-15-/t19-/m1/s1. The lowest BCUT2D eigenvalue weighted by Gasteiger charge is -2.13. The number of thioether (sulfide) groups is 1. The summed E-state index contributed by atoms with van der Waals surface area (Å²) in [6.45, 7) is 6.20. The molecule has 9 heteroatoms. The van der Waals surface area contributed by atoms with Gasteiger partial charge in [0.05, 0.1) is 18.0 Å². The van der Waals surface area contributed by atoms with Crippen molar-refractivity contribution >= 4 is 29.6 Å². The van der Waals surface area contributed by atoms with Crippen molar-refractivity contribution < 1.29 is 9.21 Å². The number of amides is 1. The van der Waals surface area contributed by atoms with Crippen LogP contribution in [0.5, 0.6) is 0 Å². The molecule has 0 saturated heterocycles. The Morgan fingerprint density at radius 2 is 1.85 bits per heavy atom. The lowest BCUT2D eigenvalue weighted by molar-refractivity contribution is -0.120. The zero-order valence-electron chi connectivity index (χ0n) is 19.2. The van der Waals surface area contributed by atoms with Gasteiger partial charge in [-0.15, -0.1) is 10.2 Å². The molecular formula is C25H26N6O2S. The maximum absolute atomic E-state index is 12.6. The van der Waals surface area contributed by atoms with E-state index in [4.69, 9.17) is 4.42 Å². The zero-order chi connectivity index (χ0) is 23.9. The van der Waals surface area contributed by atoms with Gasteiger partial charge in [-0.1, -0.05) is 47.7 Å². The summed E-state index contributed by atoms with van der Waals surface area (Å²) in [5.74, 6) is 1.86. The molecule has 174 valence electrons. The van der Waals surface area contributed by atoms with Gasteiger partial charge < -0.3 is 9.73 Å². The topological polar surface area (TPSA) is 97.3 Å². The molecule has 0 bridgehead atoms. The van der Waals surface area contributed by atoms with E-state index >= 15 is 0 Å². The molecule has 1 atom stereocenters. The van der Waals surface area contributed by atoms with E-state index in [1.807, 2.05) is 60.0 Å². The van der Waals surface area contributed by atoms with Crippen molar-refractivity contribution in [1.82, 2.24) is 20.2 Å². The fourth-order valence-corrected chi connectivity index (χ4v) is 4.05. The van der Waals surface area contributed by atoms with Crippen LogP contribution in [0.1, 0.15) is 29.8 Å². The molecule has 0 spiro atoms. The molecule has 0 fully saturated rings. The van der Waals surface area contributed by atoms with Crippen LogP contribution >= 0.6 is 11.8 Å². The van der Waals surface area contributed by atoms with Crippen LogP contribution < -0.4 is 10.7 Å². The first kappa shape index (κ1) is 23.3. The van der Waals surface area contributed by atoms with Crippen LogP contribution in [0.2, 0.25) is 0 Å². The summed E-state index contributed by atoms with van der Waals surface area (Å²) in [6.07, 6.45) is 1.48. The number of hydrogen-bond acceptors (Lipinski definition) is 7. The Balaban J connectivity index is 1.47. The summed E-state index contributed by atoms with van der Waals surface area (Å²) in [5, 5.41) is 16.3. The predicted octanol–water partition coefficient (Wildman–Crippen LogP) is 4.72. The molecule has 0 aliphatic carbocycles. The van der Waals surface area contributed by atoms with Gasteiger partial charge in [-0.25, -0.2) is 5.43 Å². The second kappa shape index (κ2) is 10.8. The minimum Gasteiger partial charge on any atom is -0.460 e. The van der Waals surface area contributed by atoms with Crippen LogP contribution in [0.4, 0.5) is 5.69 Å². The normalized spacial score (nSPS) is 12.1. The summed E-state index contributed by atoms with van der Waals surface area (Å²) in [6, 6.07) is 21.7. The Morgan fingerprint density at radius 3 is 2.56 bits per heavy atom. The van der Waals surface area contributed by atoms with E-state index in [0.717, 1.165) is 23.0 Å². The van der Waals surface area contributed by atoms with E-state index in [0.29, 0.717) is 17.5 Å². The van der Waals surface area contributed by atoms with Crippen molar-refractivity contribution in [2.75, 3.05) is 5.32 Å². The molecule has 2 aromatic heterocycles. The molecular weight excluding hydrogens is 448 g/mol. The zero-order valence-corrected chi connectivity index (χ0v) is 20.0. The van der Waals surface area contributed by atoms with Crippen molar-refractivity contribution in [3.05, 3.63) is 89.6 Å². The number of hydrazone groups is 1. The van der Waals surface area contributed by atoms with Gasteiger partial charge in [-0.05, 0) is 57.2 Å². The second-order valence-electron chi connectivity index (χ2n) is 7.73. The fourth-order valence-electron chi connectivity index (χ4n) is 3.16. The van der Waals surface area contributed by atoms with Crippen LogP contribution in [0.15, 0.2) is 81.4 Å². The Hall–Kier alpha value is -3.85. The molecule has 8 nitrogen and oxygen atoms in total. The Kier molecular flexibility index (Phi) is 7.44. The number of rotatable bonds is 9. The smallest absolute Gasteiger partial charge is 0.253 e. The molecule has 0 unspecified atom stereocenters. The number of hydrogen-bond donors (Lipinski definition) is 2. The van der Waals surface area contributed by atoms with Gasteiger partial charge in [-0.3, -0.25) is 9.36 Å². The first-order valence-electron chi connectivity index (χ1n) is 10.9. The van der Waals surface area contributed by atoms with Crippen molar-refractivity contribution in [1.29, 1.82) is 0 Å². The van der Waals surface area contributed by atoms with Crippen LogP contribution in [-0.4, -0.2) is 32.1 Å². The third kappa shape index (κ3) is 5.93. The van der Waals surface area contributed by atoms with E-state index < -0.39 is 5.25 Å². The number of carbonyl (C=O) groups is 1. The lowest BCUT2D eigenvalue weighted by Crippen LogP contribution is -2.27. The van der Waals surface area contributed by atoms with Crippen molar-refractivity contribution in [3.8, 4) is 5.69 Å². The maximum Gasteiger partial charge on any atom is 0.253 e. The molecule has 2 N–H and O–H groups in total. The molecule has 0 radical (unpaired) electrons. The number of furan rings is 1. The summed E-state index contributed by atoms with van der Waals surface area (Å²) in [5.41, 5.74) is 5.68. The van der Waals surface area contributed by atoms with Gasteiger partial charge >= 0.3 is 0 Å². The van der Waals surface area contributed by atoms with E-state index in [2.05, 4.69) is 45.1 Å². The van der Waals surface area contributed by atoms with Crippen LogP contribution in [0, 0.1) is 13.8 Å². The Morgan fingerprint density at radius 1 is 1.09 bits per heavy atom. The number of nitrogens with one attached hydrogen (secondary N) is 2. The molecule has 2 heterocycles. The van der Waals surface area contributed by atoms with Gasteiger partial charge in [0.2, 0.25) is 0 Å². The molecule has 4 aromatic rings. The monoisotopic (exact) mass is 474 g/mol. The first-order valence-corrected chi connectivity index (χ1v) is 11.7. The average molecular weight is 475 g/mol. The van der Waals surface area contributed by atoms with Crippen LogP contribution in [-0.2, 0) is 11.3 Å². The predicted molar refractivity (Wildman–Crippen MR) is 134 cm³/mol. The van der Waals surface area contributed by atoms with E-state index in [-0.39, 0.29) is 5.91 Å². The highest BCUT2D eigenvalue weighted by Crippen LogP contribution is 2.26. The number of para-hydroxylation sites is 1. The second-order valence-corrected chi connectivity index (χ2v) is 9.04. The number of nitrogens with zero attached hydrogens (tertiary/aromatic N) is 4. The molecule has 2 aromatic carbocycles. The largest absolute Gasteiger partial charge is 0.460 e. The number of benzene rings is 2. The Labute approximate surface area is 202 Å². The number of aromatic nitrogens is 3. The summed E-state index contributed by atoms with van der Waals surface area (Å²) < 4.78 is 7.38. The number of carbonyl (C=O) groups excluding carboxylic acids is 1. The van der Waals surface area contributed by atoms with Crippen LogP contribution in [0.25, 0.3) is 5.69 Å². The first-order chi connectivity index (χ1) is 16.5. The minimum atomic E-state index is -0.444. The van der Waals surface area contributed by atoms with Gasteiger partial charge in [0.25, 0.3) is 5.91 Å². The third-order valence-electron chi connectivity index (χ3n) is 5.00. The molecule has 0 aliphatic heterocycles. The summed E-state index contributed by atoms with van der Waals surface area (Å²) >= 11 is 1.32. The molecule has 34 heavy (non-hydrogen) atoms. The highest BCUT2D eigenvalue weighted by Gasteiger charge is 2.21. The highest BCUT2D eigenvalue weighted by atomic mass is 32.2. The quantitative estimate of drug-likeness (QED) is 0.207. The lowest BCUT2D eigenvalue weighted by atomic mass is 10.2. The van der Waals surface area contributed by atoms with Crippen molar-refractivity contribution in [3.63, 3.8) is 0 Å². The summed E-state index contributed by atoms with van der Waals surface area (Å²) in [4.78, 5) is 12.6. The van der Waals surface area contributed by atoms with Crippen molar-refractivity contribution in [2.45, 2.75) is 37.7 Å². The fraction of sp³-hybridized carbons (Fsp3) is 0.200. The van der Waals surface area contributed by atoms with Crippen molar-refractivity contribution in [2.24, 2.45) is 5.10 Å². The molecule has 1 amide bonds. The Bertz CT molecular complexity index is 1260. The molecule has 4 rings (SSSR count). The molecule has 0 saturated carbocycles. The van der Waals surface area contributed by atoms with Gasteiger partial charge in [0, 0.05) is 11.4 Å². The van der Waals surface area contributed by atoms with E-state index in [9.17, 15) is 4.79 Å². The third-order valence-corrected chi connectivity index (χ3v) is 6.04. The minimum absolute atomic E-state index is 0.244. The van der Waals surface area contributed by atoms with Crippen LogP contribution in [0.3, 0.4) is 0 Å². The number of anilines is 1. The van der Waals surface area contributed by atoms with Gasteiger partial charge in [-0.2, -0.15) is 5.10 Å². The molecule has 0 aliphatic rings. The SMILES string of the molecule is Cc1ccc(NCc2nnc(S[C@H](C)C(=O)N/N=C\c3ccc(C)o3)n2-c2ccccc2)cc1. The number of aryl methyl sites for hydroxylation is 2. The van der Waals surface area contributed by atoms with E-state index in [1.54, 1.807) is 13.0 Å². The van der Waals surface area contributed by atoms with Gasteiger partial charge in [0.15, 0.2) is 11.0 Å². The maximum atomic E-state index is 12.6. The van der Waals surface area contributed by atoms with E-state index in [1.165, 1.54) is 23.5 Å². The summed E-state index contributed by atoms with van der Waals surface area (Å²) in [7, 11) is 0.